The van der Waals surface area contributed by atoms with Crippen molar-refractivity contribution >= 4 is 67.4 Å². The first-order valence-electron chi connectivity index (χ1n) is 11.1. The third kappa shape index (κ3) is 4.68. The standard InChI is InChI=1S/C29H23Cl2OPTe/c30-23-17-15-21(16-18-23)22-19-27(26-13-7-8-14-28(26)31)29(34-20-22)33(32,24-9-3-1-4-10-24)25-11-5-2-6-12-25/h1-18,20,27,29H,19H2/t27-,29+/m1/s1. The third-order valence-electron chi connectivity index (χ3n) is 6.29. The van der Waals surface area contributed by atoms with E-state index in [1.165, 1.54) is 11.1 Å². The fraction of sp³-hybridized carbons (Fsp3) is 0.103. The Labute approximate surface area is 221 Å². The van der Waals surface area contributed by atoms with Crippen LogP contribution in [0.1, 0.15) is 23.5 Å². The molecule has 1 aliphatic heterocycles. The van der Waals surface area contributed by atoms with Crippen LogP contribution in [0, 0.1) is 0 Å². The van der Waals surface area contributed by atoms with Gasteiger partial charge in [-0.15, -0.1) is 0 Å². The van der Waals surface area contributed by atoms with E-state index in [1.807, 2.05) is 91.0 Å². The van der Waals surface area contributed by atoms with Gasteiger partial charge in [0, 0.05) is 0 Å². The van der Waals surface area contributed by atoms with Gasteiger partial charge >= 0.3 is 223 Å². The number of rotatable bonds is 5. The van der Waals surface area contributed by atoms with Crippen LogP contribution in [0.2, 0.25) is 10.0 Å². The average Bonchev–Trinajstić information content (AvgIpc) is 2.90. The topological polar surface area (TPSA) is 17.1 Å². The second kappa shape index (κ2) is 10.5. The molecule has 0 saturated heterocycles. The van der Waals surface area contributed by atoms with Gasteiger partial charge in [-0.2, -0.15) is 0 Å². The first kappa shape index (κ1) is 23.9. The van der Waals surface area contributed by atoms with Crippen molar-refractivity contribution in [1.29, 1.82) is 0 Å². The molecule has 0 fully saturated rings. The molecular formula is C29H23Cl2OPTe. The summed E-state index contributed by atoms with van der Waals surface area (Å²) in [7, 11) is -2.93. The van der Waals surface area contributed by atoms with Crippen LogP contribution in [0.15, 0.2) is 113 Å². The molecule has 0 unspecified atom stereocenters. The summed E-state index contributed by atoms with van der Waals surface area (Å²) in [4.78, 5) is 0. The Kier molecular flexibility index (Phi) is 7.36. The monoisotopic (exact) mass is 618 g/mol. The summed E-state index contributed by atoms with van der Waals surface area (Å²) >= 11 is 12.1. The van der Waals surface area contributed by atoms with Crippen LogP contribution in [-0.4, -0.2) is 24.6 Å². The zero-order chi connectivity index (χ0) is 23.5. The van der Waals surface area contributed by atoms with Crippen molar-refractivity contribution in [1.82, 2.24) is 0 Å². The molecule has 2 atom stereocenters. The summed E-state index contributed by atoms with van der Waals surface area (Å²) in [6.07, 6.45) is 0.796. The Morgan fingerprint density at radius 3 is 1.85 bits per heavy atom. The summed E-state index contributed by atoms with van der Waals surface area (Å²) in [6, 6.07) is 36.2. The van der Waals surface area contributed by atoms with E-state index in [2.05, 4.69) is 22.3 Å². The molecule has 0 aliphatic carbocycles. The fourth-order valence-electron chi connectivity index (χ4n) is 4.60. The summed E-state index contributed by atoms with van der Waals surface area (Å²) in [5.74, 6) is 0.0676. The van der Waals surface area contributed by atoms with Gasteiger partial charge in [0.2, 0.25) is 0 Å². The van der Waals surface area contributed by atoms with Crippen molar-refractivity contribution in [3.63, 3.8) is 0 Å². The summed E-state index contributed by atoms with van der Waals surface area (Å²) in [5, 5.41) is 3.33. The van der Waals surface area contributed by atoms with Crippen LogP contribution in [0.5, 0.6) is 0 Å². The van der Waals surface area contributed by atoms with Gasteiger partial charge in [0.25, 0.3) is 0 Å². The third-order valence-corrected chi connectivity index (χ3v) is 16.4. The van der Waals surface area contributed by atoms with Gasteiger partial charge in [-0.25, -0.2) is 0 Å². The van der Waals surface area contributed by atoms with Crippen LogP contribution in [0.3, 0.4) is 0 Å². The molecular weight excluding hydrogens is 594 g/mol. The molecule has 34 heavy (non-hydrogen) atoms. The molecule has 5 heteroatoms. The van der Waals surface area contributed by atoms with E-state index in [9.17, 15) is 0 Å². The SMILES string of the molecule is O=P(c1ccccc1)(c1ccccc1)[C@H]1[Te]C=C(c2ccc(Cl)cc2)C[C@@H]1c1ccccc1Cl. The number of benzene rings is 4. The Balaban J connectivity index is 1.68. The normalized spacial score (nSPS) is 18.4. The first-order chi connectivity index (χ1) is 16.6. The van der Waals surface area contributed by atoms with E-state index in [-0.39, 0.29) is 9.62 Å². The molecule has 4 aromatic rings. The molecule has 0 amide bonds. The Morgan fingerprint density at radius 2 is 1.26 bits per heavy atom. The van der Waals surface area contributed by atoms with E-state index in [0.29, 0.717) is 0 Å². The van der Waals surface area contributed by atoms with Crippen LogP contribution >= 0.6 is 30.3 Å². The zero-order valence-electron chi connectivity index (χ0n) is 18.4. The molecule has 0 radical (unpaired) electrons. The van der Waals surface area contributed by atoms with E-state index >= 15 is 4.57 Å². The maximum atomic E-state index is 15.3. The summed E-state index contributed by atoms with van der Waals surface area (Å²) in [5.41, 5.74) is 3.57. The van der Waals surface area contributed by atoms with E-state index in [1.54, 1.807) is 0 Å². The molecule has 0 spiro atoms. The fourth-order valence-corrected chi connectivity index (χ4v) is 14.8. The molecule has 0 saturated carbocycles. The molecule has 1 heterocycles. The van der Waals surface area contributed by atoms with Gasteiger partial charge in [-0.1, -0.05) is 0 Å². The van der Waals surface area contributed by atoms with Gasteiger partial charge in [0.1, 0.15) is 0 Å². The quantitative estimate of drug-likeness (QED) is 0.167. The van der Waals surface area contributed by atoms with Crippen molar-refractivity contribution in [2.24, 2.45) is 0 Å². The molecule has 1 aliphatic rings. The van der Waals surface area contributed by atoms with Crippen LogP contribution in [0.25, 0.3) is 5.57 Å². The molecule has 1 nitrogen and oxygen atoms in total. The minimum absolute atomic E-state index is 0.0265. The summed E-state index contributed by atoms with van der Waals surface area (Å²) in [6.45, 7) is 0. The van der Waals surface area contributed by atoms with Crippen molar-refractivity contribution in [2.45, 2.75) is 16.0 Å². The van der Waals surface area contributed by atoms with Crippen molar-refractivity contribution < 1.29 is 4.57 Å². The van der Waals surface area contributed by atoms with E-state index < -0.39 is 28.1 Å². The number of allylic oxidation sites excluding steroid dienone is 1. The van der Waals surface area contributed by atoms with Crippen LogP contribution in [-0.2, 0) is 4.57 Å². The van der Waals surface area contributed by atoms with Gasteiger partial charge in [0.05, 0.1) is 0 Å². The molecule has 5 rings (SSSR count). The van der Waals surface area contributed by atoms with Crippen LogP contribution < -0.4 is 10.6 Å². The zero-order valence-corrected chi connectivity index (χ0v) is 23.1. The molecule has 0 bridgehead atoms. The maximum absolute atomic E-state index is 15.3. The van der Waals surface area contributed by atoms with Gasteiger partial charge in [0.15, 0.2) is 0 Å². The van der Waals surface area contributed by atoms with E-state index in [0.717, 1.165) is 32.6 Å². The summed E-state index contributed by atoms with van der Waals surface area (Å²) < 4.78 is 17.7. The van der Waals surface area contributed by atoms with Crippen molar-refractivity contribution in [3.8, 4) is 0 Å². The molecule has 0 N–H and O–H groups in total. The van der Waals surface area contributed by atoms with Crippen molar-refractivity contribution in [2.75, 3.05) is 0 Å². The second-order valence-electron chi connectivity index (χ2n) is 8.34. The van der Waals surface area contributed by atoms with Gasteiger partial charge in [-0.05, 0) is 0 Å². The Hall–Kier alpha value is -1.78. The molecule has 4 aromatic carbocycles. The van der Waals surface area contributed by atoms with Gasteiger partial charge < -0.3 is 0 Å². The Bertz CT molecular complexity index is 1310. The molecule has 170 valence electrons. The minimum atomic E-state index is -2.93. The van der Waals surface area contributed by atoms with Crippen LogP contribution in [0.4, 0.5) is 0 Å². The van der Waals surface area contributed by atoms with E-state index in [4.69, 9.17) is 23.2 Å². The second-order valence-corrected chi connectivity index (χ2v) is 16.1. The predicted octanol–water partition coefficient (Wildman–Crippen LogP) is 7.57. The number of halogens is 2. The van der Waals surface area contributed by atoms with Crippen molar-refractivity contribution in [3.05, 3.63) is 134 Å². The average molecular weight is 617 g/mol. The first-order valence-corrected chi connectivity index (χ1v) is 16.4. The number of hydrogen-bond acceptors (Lipinski definition) is 1. The Morgan fingerprint density at radius 1 is 0.706 bits per heavy atom. The van der Waals surface area contributed by atoms with Gasteiger partial charge in [-0.3, -0.25) is 0 Å². The predicted molar refractivity (Wildman–Crippen MR) is 148 cm³/mol. The molecule has 0 aromatic heterocycles. The number of hydrogen-bond donors (Lipinski definition) is 0.